The quantitative estimate of drug-likeness (QED) is 0.846. The van der Waals surface area contributed by atoms with E-state index in [1.807, 2.05) is 23.1 Å². The molecule has 2 aromatic rings. The molecule has 1 aliphatic heterocycles. The molecule has 0 radical (unpaired) electrons. The molecule has 3 nitrogen and oxygen atoms in total. The SMILES string of the molecule is O=C(c1ccc(Cl)cc1)N1CCN(c2ccccc2)C1. The summed E-state index contributed by atoms with van der Waals surface area (Å²) >= 11 is 5.85. The number of hydrogen-bond acceptors (Lipinski definition) is 2. The van der Waals surface area contributed by atoms with Crippen LogP contribution in [-0.4, -0.2) is 30.6 Å². The van der Waals surface area contributed by atoms with Gasteiger partial charge < -0.3 is 9.80 Å². The Hall–Kier alpha value is -2.00. The number of hydrogen-bond donors (Lipinski definition) is 0. The van der Waals surface area contributed by atoms with Crippen LogP contribution in [0.4, 0.5) is 5.69 Å². The van der Waals surface area contributed by atoms with E-state index < -0.39 is 0 Å². The van der Waals surface area contributed by atoms with E-state index in [1.165, 1.54) is 0 Å². The number of carbonyl (C=O) groups excluding carboxylic acids is 1. The maximum atomic E-state index is 12.4. The lowest BCUT2D eigenvalue weighted by atomic mass is 10.2. The summed E-state index contributed by atoms with van der Waals surface area (Å²) < 4.78 is 0. The second kappa shape index (κ2) is 5.55. The van der Waals surface area contributed by atoms with Gasteiger partial charge in [0.1, 0.15) is 0 Å². The molecule has 1 fully saturated rings. The van der Waals surface area contributed by atoms with Gasteiger partial charge in [-0.15, -0.1) is 0 Å². The van der Waals surface area contributed by atoms with Crippen molar-refractivity contribution in [3.8, 4) is 0 Å². The normalized spacial score (nSPS) is 14.7. The van der Waals surface area contributed by atoms with Crippen molar-refractivity contribution in [2.75, 3.05) is 24.7 Å². The van der Waals surface area contributed by atoms with E-state index in [4.69, 9.17) is 11.6 Å². The summed E-state index contributed by atoms with van der Waals surface area (Å²) in [6.07, 6.45) is 0. The molecule has 0 bridgehead atoms. The van der Waals surface area contributed by atoms with E-state index in [1.54, 1.807) is 24.3 Å². The molecule has 0 N–H and O–H groups in total. The van der Waals surface area contributed by atoms with Crippen molar-refractivity contribution in [1.29, 1.82) is 0 Å². The van der Waals surface area contributed by atoms with Gasteiger partial charge in [0.25, 0.3) is 5.91 Å². The Kier molecular flexibility index (Phi) is 3.61. The zero-order chi connectivity index (χ0) is 13.9. The summed E-state index contributed by atoms with van der Waals surface area (Å²) in [5, 5.41) is 0.647. The fourth-order valence-electron chi connectivity index (χ4n) is 2.38. The molecule has 0 aromatic heterocycles. The minimum atomic E-state index is 0.0556. The molecule has 0 unspecified atom stereocenters. The average molecular weight is 287 g/mol. The van der Waals surface area contributed by atoms with Gasteiger partial charge in [-0.2, -0.15) is 0 Å². The number of anilines is 1. The molecule has 2 aromatic carbocycles. The molecular formula is C16H15ClN2O. The number of halogens is 1. The number of amides is 1. The van der Waals surface area contributed by atoms with Gasteiger partial charge in [0.2, 0.25) is 0 Å². The fourth-order valence-corrected chi connectivity index (χ4v) is 2.51. The summed E-state index contributed by atoms with van der Waals surface area (Å²) in [4.78, 5) is 16.5. The number of benzene rings is 2. The second-order valence-corrected chi connectivity index (χ2v) is 5.25. The van der Waals surface area contributed by atoms with E-state index >= 15 is 0 Å². The van der Waals surface area contributed by atoms with Gasteiger partial charge in [0.15, 0.2) is 0 Å². The molecule has 4 heteroatoms. The lowest BCUT2D eigenvalue weighted by molar-refractivity contribution is 0.0794. The van der Waals surface area contributed by atoms with Crippen molar-refractivity contribution in [3.05, 3.63) is 65.2 Å². The summed E-state index contributed by atoms with van der Waals surface area (Å²) in [5.41, 5.74) is 1.84. The minimum Gasteiger partial charge on any atom is -0.352 e. The fraction of sp³-hybridized carbons (Fsp3) is 0.188. The largest absolute Gasteiger partial charge is 0.352 e. The summed E-state index contributed by atoms with van der Waals surface area (Å²) in [7, 11) is 0. The van der Waals surface area contributed by atoms with E-state index in [-0.39, 0.29) is 5.91 Å². The predicted octanol–water partition coefficient (Wildman–Crippen LogP) is 3.26. The minimum absolute atomic E-state index is 0.0556. The van der Waals surface area contributed by atoms with Crippen molar-refractivity contribution < 1.29 is 4.79 Å². The van der Waals surface area contributed by atoms with E-state index in [2.05, 4.69) is 17.0 Å². The van der Waals surface area contributed by atoms with Gasteiger partial charge in [-0.05, 0) is 36.4 Å². The third kappa shape index (κ3) is 2.63. The topological polar surface area (TPSA) is 23.6 Å². The molecule has 3 rings (SSSR count). The van der Waals surface area contributed by atoms with Gasteiger partial charge in [-0.1, -0.05) is 29.8 Å². The molecule has 20 heavy (non-hydrogen) atoms. The van der Waals surface area contributed by atoms with Crippen LogP contribution in [0.25, 0.3) is 0 Å². The molecule has 1 amide bonds. The van der Waals surface area contributed by atoms with Crippen LogP contribution in [0, 0.1) is 0 Å². The number of para-hydroxylation sites is 1. The van der Waals surface area contributed by atoms with Crippen LogP contribution in [0.15, 0.2) is 54.6 Å². The highest BCUT2D eigenvalue weighted by Gasteiger charge is 2.24. The van der Waals surface area contributed by atoms with Crippen molar-refractivity contribution in [3.63, 3.8) is 0 Å². The zero-order valence-corrected chi connectivity index (χ0v) is 11.8. The number of nitrogens with zero attached hydrogens (tertiary/aromatic N) is 2. The van der Waals surface area contributed by atoms with Gasteiger partial charge in [0.05, 0.1) is 6.67 Å². The molecule has 0 spiro atoms. The third-order valence-corrected chi connectivity index (χ3v) is 3.73. The van der Waals surface area contributed by atoms with E-state index in [9.17, 15) is 4.79 Å². The van der Waals surface area contributed by atoms with Crippen LogP contribution in [0.2, 0.25) is 5.02 Å². The van der Waals surface area contributed by atoms with Crippen molar-refractivity contribution in [2.24, 2.45) is 0 Å². The maximum Gasteiger partial charge on any atom is 0.255 e. The van der Waals surface area contributed by atoms with Crippen LogP contribution < -0.4 is 4.90 Å². The first kappa shape index (κ1) is 13.0. The Bertz CT molecular complexity index is 598. The van der Waals surface area contributed by atoms with Crippen LogP contribution >= 0.6 is 11.6 Å². The van der Waals surface area contributed by atoms with Crippen LogP contribution in [0.1, 0.15) is 10.4 Å². The second-order valence-electron chi connectivity index (χ2n) is 4.82. The smallest absolute Gasteiger partial charge is 0.255 e. The first-order valence-electron chi connectivity index (χ1n) is 6.59. The molecule has 1 aliphatic rings. The third-order valence-electron chi connectivity index (χ3n) is 3.48. The molecule has 1 heterocycles. The van der Waals surface area contributed by atoms with Crippen molar-refractivity contribution in [1.82, 2.24) is 4.90 Å². The van der Waals surface area contributed by atoms with Crippen molar-refractivity contribution >= 4 is 23.2 Å². The Morgan fingerprint density at radius 2 is 1.65 bits per heavy atom. The molecule has 102 valence electrons. The standard InChI is InChI=1S/C16H15ClN2O/c17-14-8-6-13(7-9-14)16(20)19-11-10-18(12-19)15-4-2-1-3-5-15/h1-9H,10-12H2. The molecule has 0 saturated carbocycles. The lowest BCUT2D eigenvalue weighted by Gasteiger charge is -2.20. The van der Waals surface area contributed by atoms with Crippen molar-refractivity contribution in [2.45, 2.75) is 0 Å². The Balaban J connectivity index is 1.71. The maximum absolute atomic E-state index is 12.4. The Morgan fingerprint density at radius 1 is 0.950 bits per heavy atom. The molecule has 0 aliphatic carbocycles. The first-order valence-corrected chi connectivity index (χ1v) is 6.97. The van der Waals surface area contributed by atoms with Crippen LogP contribution in [-0.2, 0) is 0 Å². The van der Waals surface area contributed by atoms with E-state index in [0.717, 1.165) is 18.8 Å². The summed E-state index contributed by atoms with van der Waals surface area (Å²) in [6, 6.07) is 17.2. The van der Waals surface area contributed by atoms with Gasteiger partial charge >= 0.3 is 0 Å². The molecule has 1 saturated heterocycles. The Labute approximate surface area is 123 Å². The molecule has 0 atom stereocenters. The highest BCUT2D eigenvalue weighted by molar-refractivity contribution is 6.30. The van der Waals surface area contributed by atoms with Crippen LogP contribution in [0.3, 0.4) is 0 Å². The lowest BCUT2D eigenvalue weighted by Crippen LogP contribution is -2.31. The van der Waals surface area contributed by atoms with E-state index in [0.29, 0.717) is 17.3 Å². The monoisotopic (exact) mass is 286 g/mol. The van der Waals surface area contributed by atoms with Gasteiger partial charge in [-0.3, -0.25) is 4.79 Å². The van der Waals surface area contributed by atoms with Crippen LogP contribution in [0.5, 0.6) is 0 Å². The predicted molar refractivity (Wildman–Crippen MR) is 81.1 cm³/mol. The number of rotatable bonds is 2. The summed E-state index contributed by atoms with van der Waals surface area (Å²) in [6.45, 7) is 2.24. The summed E-state index contributed by atoms with van der Waals surface area (Å²) in [5.74, 6) is 0.0556. The highest BCUT2D eigenvalue weighted by atomic mass is 35.5. The van der Waals surface area contributed by atoms with Gasteiger partial charge in [0, 0.05) is 29.4 Å². The molecular weight excluding hydrogens is 272 g/mol. The zero-order valence-electron chi connectivity index (χ0n) is 11.0. The average Bonchev–Trinajstić information content (AvgIpc) is 2.98. The Morgan fingerprint density at radius 3 is 2.35 bits per heavy atom. The van der Waals surface area contributed by atoms with Gasteiger partial charge in [-0.25, -0.2) is 0 Å². The first-order chi connectivity index (χ1) is 9.74. The highest BCUT2D eigenvalue weighted by Crippen LogP contribution is 2.19. The number of carbonyl (C=O) groups is 1.